The Hall–Kier alpha value is -2.45. The van der Waals surface area contributed by atoms with Crippen molar-refractivity contribution < 1.29 is 4.92 Å². The lowest BCUT2D eigenvalue weighted by Crippen LogP contribution is -2.31. The van der Waals surface area contributed by atoms with E-state index in [0.29, 0.717) is 35.7 Å². The van der Waals surface area contributed by atoms with Crippen molar-refractivity contribution in [3.63, 3.8) is 0 Å². The summed E-state index contributed by atoms with van der Waals surface area (Å²) in [6.07, 6.45) is 1.99. The molecule has 1 aliphatic heterocycles. The van der Waals surface area contributed by atoms with E-state index in [-0.39, 0.29) is 11.1 Å². The molecule has 0 unspecified atom stereocenters. The van der Waals surface area contributed by atoms with Crippen LogP contribution < -0.4 is 10.5 Å². The zero-order valence-corrected chi connectivity index (χ0v) is 15.7. The Morgan fingerprint density at radius 3 is 2.88 bits per heavy atom. The SMILES string of the molecule is O=c1[nH]cnc2cc(N3CCc4c(Br)ccc(Cl)c4C3)c([N+](=O)[O-])cc12. The monoisotopic (exact) mass is 434 g/mol. The number of benzene rings is 2. The summed E-state index contributed by atoms with van der Waals surface area (Å²) in [5, 5.41) is 12.4. The van der Waals surface area contributed by atoms with E-state index in [1.807, 2.05) is 17.0 Å². The maximum Gasteiger partial charge on any atom is 0.293 e. The Bertz CT molecular complexity index is 1120. The van der Waals surface area contributed by atoms with Crippen molar-refractivity contribution in [3.05, 3.63) is 71.7 Å². The number of hydrogen-bond donors (Lipinski definition) is 1. The maximum atomic E-state index is 11.9. The van der Waals surface area contributed by atoms with Crippen LogP contribution in [0.5, 0.6) is 0 Å². The minimum atomic E-state index is -0.473. The van der Waals surface area contributed by atoms with Crippen molar-refractivity contribution in [3.8, 4) is 0 Å². The van der Waals surface area contributed by atoms with Crippen molar-refractivity contribution in [2.75, 3.05) is 11.4 Å². The molecule has 2 heterocycles. The smallest absolute Gasteiger partial charge is 0.293 e. The second-order valence-corrected chi connectivity index (χ2v) is 7.27. The molecule has 26 heavy (non-hydrogen) atoms. The molecule has 4 rings (SSSR count). The number of nitro benzene ring substituents is 1. The van der Waals surface area contributed by atoms with Crippen LogP contribution in [0.1, 0.15) is 11.1 Å². The number of H-pyrrole nitrogens is 1. The van der Waals surface area contributed by atoms with Crippen molar-refractivity contribution in [2.24, 2.45) is 0 Å². The summed E-state index contributed by atoms with van der Waals surface area (Å²) in [6, 6.07) is 6.60. The van der Waals surface area contributed by atoms with E-state index >= 15 is 0 Å². The fraction of sp³-hybridized carbons (Fsp3) is 0.176. The van der Waals surface area contributed by atoms with Crippen molar-refractivity contribution in [2.45, 2.75) is 13.0 Å². The highest BCUT2D eigenvalue weighted by Gasteiger charge is 2.27. The van der Waals surface area contributed by atoms with Crippen LogP contribution in [0.25, 0.3) is 10.9 Å². The molecule has 1 N–H and O–H groups in total. The average Bonchev–Trinajstić information content (AvgIpc) is 2.64. The second-order valence-electron chi connectivity index (χ2n) is 6.00. The van der Waals surface area contributed by atoms with Gasteiger partial charge in [0.2, 0.25) is 0 Å². The first kappa shape index (κ1) is 17.0. The number of nitrogens with one attached hydrogen (secondary N) is 1. The number of halogens is 2. The van der Waals surface area contributed by atoms with Crippen molar-refractivity contribution in [1.29, 1.82) is 0 Å². The van der Waals surface area contributed by atoms with Crippen LogP contribution in [0.2, 0.25) is 5.02 Å². The molecule has 0 aliphatic carbocycles. The average molecular weight is 436 g/mol. The lowest BCUT2D eigenvalue weighted by Gasteiger charge is -2.31. The second kappa shape index (κ2) is 6.37. The number of nitrogens with zero attached hydrogens (tertiary/aromatic N) is 3. The summed E-state index contributed by atoms with van der Waals surface area (Å²) in [7, 11) is 0. The van der Waals surface area contributed by atoms with E-state index in [0.717, 1.165) is 15.6 Å². The molecule has 0 saturated heterocycles. The number of aromatic nitrogens is 2. The van der Waals surface area contributed by atoms with Gasteiger partial charge < -0.3 is 9.88 Å². The molecule has 9 heteroatoms. The Kier molecular flexibility index (Phi) is 4.16. The van der Waals surface area contributed by atoms with E-state index < -0.39 is 10.5 Å². The molecular formula is C17H12BrClN4O3. The number of rotatable bonds is 2. The van der Waals surface area contributed by atoms with Gasteiger partial charge in [0.05, 0.1) is 22.2 Å². The number of nitro groups is 1. The molecule has 0 spiro atoms. The number of fused-ring (bicyclic) bond motifs is 2. The van der Waals surface area contributed by atoms with Crippen LogP contribution in [0.4, 0.5) is 11.4 Å². The standard InChI is InChI=1S/C17H12BrClN4O3/c18-12-1-2-13(19)11-7-22(4-3-9(11)12)15-6-14-10(5-16(15)23(25)26)17(24)21-8-20-14/h1-2,5-6,8H,3-4,7H2,(H,20,21,24). The predicted molar refractivity (Wildman–Crippen MR) is 103 cm³/mol. The fourth-order valence-electron chi connectivity index (χ4n) is 3.29. The summed E-state index contributed by atoms with van der Waals surface area (Å²) in [4.78, 5) is 31.5. The maximum absolute atomic E-state index is 11.9. The van der Waals surface area contributed by atoms with Gasteiger partial charge in [0.25, 0.3) is 11.2 Å². The molecule has 0 radical (unpaired) electrons. The normalized spacial score (nSPS) is 13.7. The Labute approximate surface area is 160 Å². The van der Waals surface area contributed by atoms with Gasteiger partial charge >= 0.3 is 0 Å². The van der Waals surface area contributed by atoms with Gasteiger partial charge in [-0.15, -0.1) is 0 Å². The minimum Gasteiger partial charge on any atom is -0.361 e. The minimum absolute atomic E-state index is 0.120. The van der Waals surface area contributed by atoms with Gasteiger partial charge in [-0.3, -0.25) is 14.9 Å². The number of anilines is 1. The summed E-state index contributed by atoms with van der Waals surface area (Å²) >= 11 is 9.88. The van der Waals surface area contributed by atoms with Crippen LogP contribution in [-0.2, 0) is 13.0 Å². The molecule has 1 aromatic heterocycles. The fourth-order valence-corrected chi connectivity index (χ4v) is 4.10. The quantitative estimate of drug-likeness (QED) is 0.488. The third-order valence-electron chi connectivity index (χ3n) is 4.57. The number of hydrogen-bond acceptors (Lipinski definition) is 5. The molecule has 2 aromatic carbocycles. The van der Waals surface area contributed by atoms with E-state index in [9.17, 15) is 14.9 Å². The summed E-state index contributed by atoms with van der Waals surface area (Å²) in [5.74, 6) is 0. The van der Waals surface area contributed by atoms with E-state index in [1.165, 1.54) is 12.4 Å². The van der Waals surface area contributed by atoms with Crippen LogP contribution in [0, 0.1) is 10.1 Å². The van der Waals surface area contributed by atoms with Crippen LogP contribution in [-0.4, -0.2) is 21.4 Å². The van der Waals surface area contributed by atoms with Crippen LogP contribution >= 0.6 is 27.5 Å². The van der Waals surface area contributed by atoms with Crippen LogP contribution in [0.15, 0.2) is 39.9 Å². The highest BCUT2D eigenvalue weighted by molar-refractivity contribution is 9.10. The molecule has 0 amide bonds. The topological polar surface area (TPSA) is 92.1 Å². The molecule has 3 aromatic rings. The van der Waals surface area contributed by atoms with Crippen molar-refractivity contribution >= 4 is 49.8 Å². The van der Waals surface area contributed by atoms with Gasteiger partial charge in [-0.05, 0) is 35.7 Å². The lowest BCUT2D eigenvalue weighted by molar-refractivity contribution is -0.384. The first-order valence-corrected chi connectivity index (χ1v) is 8.99. The van der Waals surface area contributed by atoms with Gasteiger partial charge in [-0.1, -0.05) is 27.5 Å². The first-order chi connectivity index (χ1) is 12.5. The molecule has 1 aliphatic rings. The molecule has 132 valence electrons. The molecule has 0 bridgehead atoms. The Morgan fingerprint density at radius 2 is 2.12 bits per heavy atom. The highest BCUT2D eigenvalue weighted by Crippen LogP contribution is 2.37. The van der Waals surface area contributed by atoms with E-state index in [2.05, 4.69) is 25.9 Å². The van der Waals surface area contributed by atoms with Gasteiger partial charge in [-0.2, -0.15) is 0 Å². The highest BCUT2D eigenvalue weighted by atomic mass is 79.9. The van der Waals surface area contributed by atoms with Gasteiger partial charge in [0.1, 0.15) is 5.69 Å². The van der Waals surface area contributed by atoms with E-state index in [1.54, 1.807) is 6.07 Å². The third-order valence-corrected chi connectivity index (χ3v) is 5.67. The van der Waals surface area contributed by atoms with Gasteiger partial charge in [0.15, 0.2) is 0 Å². The first-order valence-electron chi connectivity index (χ1n) is 7.82. The number of aromatic amines is 1. The van der Waals surface area contributed by atoms with E-state index in [4.69, 9.17) is 11.6 Å². The predicted octanol–water partition coefficient (Wildman–Crippen LogP) is 3.81. The molecule has 0 atom stereocenters. The van der Waals surface area contributed by atoms with Gasteiger partial charge in [-0.25, -0.2) is 4.98 Å². The summed E-state index contributed by atoms with van der Waals surface area (Å²) in [6.45, 7) is 1.05. The lowest BCUT2D eigenvalue weighted by atomic mass is 9.99. The summed E-state index contributed by atoms with van der Waals surface area (Å²) < 4.78 is 0.984. The molecule has 0 saturated carbocycles. The Balaban J connectivity index is 1.86. The molecule has 0 fully saturated rings. The largest absolute Gasteiger partial charge is 0.361 e. The van der Waals surface area contributed by atoms with Gasteiger partial charge in [0, 0.05) is 28.7 Å². The summed E-state index contributed by atoms with van der Waals surface area (Å²) in [5.41, 5.74) is 2.39. The van der Waals surface area contributed by atoms with Crippen molar-refractivity contribution in [1.82, 2.24) is 9.97 Å². The zero-order valence-electron chi connectivity index (χ0n) is 13.3. The zero-order chi connectivity index (χ0) is 18.4. The third kappa shape index (κ3) is 2.75. The Morgan fingerprint density at radius 1 is 1.31 bits per heavy atom. The molecular weight excluding hydrogens is 424 g/mol. The molecule has 7 nitrogen and oxygen atoms in total. The van der Waals surface area contributed by atoms with Crippen LogP contribution in [0.3, 0.4) is 0 Å².